The number of benzene rings is 1. The first-order valence-corrected chi connectivity index (χ1v) is 10.2. The molecule has 5 rings (SSSR count). The zero-order chi connectivity index (χ0) is 21.4. The highest BCUT2D eigenvalue weighted by Crippen LogP contribution is 2.29. The third-order valence-electron chi connectivity index (χ3n) is 5.68. The SMILES string of the molecule is COc1cccc([C@H]2COCCN2C(=O)c2cc3ccc(-c4cn[nH]c4C)nc3[nH]2)c1. The molecule has 2 N–H and O–H groups in total. The van der Waals surface area contributed by atoms with Gasteiger partial charge in [0, 0.05) is 23.2 Å². The molecule has 0 bridgehead atoms. The number of morpholine rings is 1. The summed E-state index contributed by atoms with van der Waals surface area (Å²) in [5.41, 5.74) is 4.87. The predicted octanol–water partition coefficient (Wildman–Crippen LogP) is 3.48. The van der Waals surface area contributed by atoms with Gasteiger partial charge >= 0.3 is 0 Å². The standard InChI is InChI=1S/C23H23N5O3/c1-14-18(12-24-27-14)19-7-6-16-11-20(26-22(16)25-19)23(29)28-8-9-31-13-21(28)15-4-3-5-17(10-15)30-2/h3-7,10-12,21H,8-9,13H2,1-2H3,(H,24,27)(H,25,26)/t21-/m1/s1. The van der Waals surface area contributed by atoms with Crippen LogP contribution in [0.2, 0.25) is 0 Å². The van der Waals surface area contributed by atoms with E-state index < -0.39 is 0 Å². The van der Waals surface area contributed by atoms with Gasteiger partial charge in [-0.2, -0.15) is 5.10 Å². The van der Waals surface area contributed by atoms with E-state index in [9.17, 15) is 4.79 Å². The van der Waals surface area contributed by atoms with Crippen LogP contribution in [0.5, 0.6) is 5.75 Å². The molecular formula is C23H23N5O3. The van der Waals surface area contributed by atoms with Gasteiger partial charge < -0.3 is 19.4 Å². The second-order valence-corrected chi connectivity index (χ2v) is 7.59. The molecule has 0 aliphatic carbocycles. The Morgan fingerprint density at radius 1 is 1.26 bits per heavy atom. The molecule has 8 nitrogen and oxygen atoms in total. The Hall–Kier alpha value is -3.65. The lowest BCUT2D eigenvalue weighted by atomic mass is 10.0. The molecule has 1 saturated heterocycles. The predicted molar refractivity (Wildman–Crippen MR) is 116 cm³/mol. The van der Waals surface area contributed by atoms with Crippen molar-refractivity contribution in [3.05, 3.63) is 65.6 Å². The largest absolute Gasteiger partial charge is 0.497 e. The number of hydrogen-bond acceptors (Lipinski definition) is 5. The number of ether oxygens (including phenoxy) is 2. The number of fused-ring (bicyclic) bond motifs is 1. The minimum absolute atomic E-state index is 0.0739. The fraction of sp³-hybridized carbons (Fsp3) is 0.261. The molecule has 1 amide bonds. The first-order chi connectivity index (χ1) is 15.1. The van der Waals surface area contributed by atoms with Crippen LogP contribution in [0.3, 0.4) is 0 Å². The van der Waals surface area contributed by atoms with Gasteiger partial charge in [0.05, 0.1) is 38.3 Å². The summed E-state index contributed by atoms with van der Waals surface area (Å²) in [5.74, 6) is 0.683. The lowest BCUT2D eigenvalue weighted by molar-refractivity contribution is -0.00300. The summed E-state index contributed by atoms with van der Waals surface area (Å²) in [4.78, 5) is 23.2. The lowest BCUT2D eigenvalue weighted by Crippen LogP contribution is -2.43. The average Bonchev–Trinajstić information content (AvgIpc) is 3.44. The van der Waals surface area contributed by atoms with Crippen LogP contribution in [-0.4, -0.2) is 57.8 Å². The van der Waals surface area contributed by atoms with Gasteiger partial charge in [-0.3, -0.25) is 9.89 Å². The van der Waals surface area contributed by atoms with Crippen molar-refractivity contribution in [2.24, 2.45) is 0 Å². The Bertz CT molecular complexity index is 1240. The molecule has 1 fully saturated rings. The van der Waals surface area contributed by atoms with Crippen molar-refractivity contribution in [2.75, 3.05) is 26.9 Å². The van der Waals surface area contributed by atoms with Crippen molar-refractivity contribution in [1.82, 2.24) is 25.1 Å². The molecule has 1 aliphatic heterocycles. The third-order valence-corrected chi connectivity index (χ3v) is 5.68. The van der Waals surface area contributed by atoms with Crippen LogP contribution in [0.25, 0.3) is 22.3 Å². The molecule has 0 saturated carbocycles. The zero-order valence-corrected chi connectivity index (χ0v) is 17.4. The summed E-state index contributed by atoms with van der Waals surface area (Å²) in [6, 6.07) is 13.3. The summed E-state index contributed by atoms with van der Waals surface area (Å²) in [7, 11) is 1.64. The van der Waals surface area contributed by atoms with Crippen molar-refractivity contribution >= 4 is 16.9 Å². The van der Waals surface area contributed by atoms with Crippen molar-refractivity contribution in [3.63, 3.8) is 0 Å². The number of H-pyrrole nitrogens is 2. The number of carbonyl (C=O) groups excluding carboxylic acids is 1. The highest BCUT2D eigenvalue weighted by Gasteiger charge is 2.30. The van der Waals surface area contributed by atoms with E-state index in [0.29, 0.717) is 31.1 Å². The van der Waals surface area contributed by atoms with Crippen molar-refractivity contribution in [1.29, 1.82) is 0 Å². The van der Waals surface area contributed by atoms with Gasteiger partial charge in [-0.1, -0.05) is 12.1 Å². The molecule has 1 aliphatic rings. The van der Waals surface area contributed by atoms with Crippen LogP contribution in [-0.2, 0) is 4.74 Å². The van der Waals surface area contributed by atoms with Crippen LogP contribution in [0.1, 0.15) is 27.8 Å². The maximum atomic E-state index is 13.4. The van der Waals surface area contributed by atoms with E-state index in [1.165, 1.54) is 0 Å². The zero-order valence-electron chi connectivity index (χ0n) is 17.4. The van der Waals surface area contributed by atoms with Gasteiger partial charge in [-0.25, -0.2) is 4.98 Å². The topological polar surface area (TPSA) is 96.1 Å². The Kier molecular flexibility index (Phi) is 4.91. The Balaban J connectivity index is 1.47. The van der Waals surface area contributed by atoms with E-state index in [1.807, 2.05) is 54.3 Å². The van der Waals surface area contributed by atoms with Crippen molar-refractivity contribution in [3.8, 4) is 17.0 Å². The molecule has 1 atom stereocenters. The number of carbonyl (C=O) groups is 1. The van der Waals surface area contributed by atoms with E-state index in [-0.39, 0.29) is 11.9 Å². The number of hydrogen-bond donors (Lipinski definition) is 2. The number of aromatic amines is 2. The van der Waals surface area contributed by atoms with Crippen LogP contribution in [0.4, 0.5) is 0 Å². The minimum atomic E-state index is -0.181. The quantitative estimate of drug-likeness (QED) is 0.530. The van der Waals surface area contributed by atoms with Gasteiger partial charge in [-0.05, 0) is 42.8 Å². The molecule has 4 heterocycles. The van der Waals surface area contributed by atoms with Crippen LogP contribution in [0.15, 0.2) is 48.7 Å². The second-order valence-electron chi connectivity index (χ2n) is 7.59. The number of aryl methyl sites for hydroxylation is 1. The summed E-state index contributed by atoms with van der Waals surface area (Å²) in [6.45, 7) is 3.42. The van der Waals surface area contributed by atoms with E-state index in [4.69, 9.17) is 14.5 Å². The molecule has 31 heavy (non-hydrogen) atoms. The van der Waals surface area contributed by atoms with Gasteiger partial charge in [-0.15, -0.1) is 0 Å². The van der Waals surface area contributed by atoms with Crippen molar-refractivity contribution < 1.29 is 14.3 Å². The van der Waals surface area contributed by atoms with Crippen LogP contribution < -0.4 is 4.74 Å². The molecule has 8 heteroatoms. The minimum Gasteiger partial charge on any atom is -0.497 e. The van der Waals surface area contributed by atoms with E-state index in [2.05, 4.69) is 15.2 Å². The molecule has 0 spiro atoms. The van der Waals surface area contributed by atoms with E-state index in [0.717, 1.165) is 33.7 Å². The fourth-order valence-electron chi connectivity index (χ4n) is 4.01. The first-order valence-electron chi connectivity index (χ1n) is 10.2. The molecule has 3 aromatic heterocycles. The summed E-state index contributed by atoms with van der Waals surface area (Å²) >= 11 is 0. The van der Waals surface area contributed by atoms with Gasteiger partial charge in [0.2, 0.25) is 0 Å². The Morgan fingerprint density at radius 3 is 2.97 bits per heavy atom. The number of nitrogens with zero attached hydrogens (tertiary/aromatic N) is 3. The normalized spacial score (nSPS) is 16.6. The number of pyridine rings is 1. The third kappa shape index (κ3) is 3.55. The molecule has 0 unspecified atom stereocenters. The molecule has 4 aromatic rings. The number of amides is 1. The van der Waals surface area contributed by atoms with Gasteiger partial charge in [0.25, 0.3) is 5.91 Å². The highest BCUT2D eigenvalue weighted by atomic mass is 16.5. The number of rotatable bonds is 4. The smallest absolute Gasteiger partial charge is 0.271 e. The highest BCUT2D eigenvalue weighted by molar-refractivity contribution is 5.98. The monoisotopic (exact) mass is 417 g/mol. The Labute approximate surface area is 179 Å². The lowest BCUT2D eigenvalue weighted by Gasteiger charge is -2.35. The van der Waals surface area contributed by atoms with E-state index >= 15 is 0 Å². The first kappa shape index (κ1) is 19.3. The van der Waals surface area contributed by atoms with Gasteiger partial charge in [0.1, 0.15) is 17.1 Å². The average molecular weight is 417 g/mol. The molecular weight excluding hydrogens is 394 g/mol. The second kappa shape index (κ2) is 7.88. The van der Waals surface area contributed by atoms with Crippen molar-refractivity contribution in [2.45, 2.75) is 13.0 Å². The number of aromatic nitrogens is 4. The molecule has 1 aromatic carbocycles. The maximum Gasteiger partial charge on any atom is 0.271 e. The number of methoxy groups -OCH3 is 1. The fourth-order valence-corrected chi connectivity index (χ4v) is 4.01. The summed E-state index contributed by atoms with van der Waals surface area (Å²) in [6.07, 6.45) is 1.75. The maximum absolute atomic E-state index is 13.4. The molecule has 0 radical (unpaired) electrons. The van der Waals surface area contributed by atoms with Crippen LogP contribution in [0, 0.1) is 6.92 Å². The molecule has 158 valence electrons. The summed E-state index contributed by atoms with van der Waals surface area (Å²) < 4.78 is 11.0. The van der Waals surface area contributed by atoms with Crippen LogP contribution >= 0.6 is 0 Å². The van der Waals surface area contributed by atoms with Gasteiger partial charge in [0.15, 0.2) is 0 Å². The Morgan fingerprint density at radius 2 is 2.16 bits per heavy atom. The summed E-state index contributed by atoms with van der Waals surface area (Å²) in [5, 5.41) is 7.88. The number of nitrogens with one attached hydrogen (secondary N) is 2. The van der Waals surface area contributed by atoms with E-state index in [1.54, 1.807) is 13.3 Å².